The van der Waals surface area contributed by atoms with Crippen molar-refractivity contribution in [1.82, 2.24) is 0 Å². The van der Waals surface area contributed by atoms with E-state index in [1.54, 1.807) is 0 Å². The minimum absolute atomic E-state index is 0.674. The SMILES string of the molecule is c1cc2ccc3cc2cc1[C@H]1CC[C@H]1c1ccc2ccc(cc2c1)[C@H]1CC[C@@H]31. The molecule has 0 saturated heterocycles. The van der Waals surface area contributed by atoms with Crippen molar-refractivity contribution in [2.45, 2.75) is 49.4 Å². The molecule has 7 rings (SSSR count). The van der Waals surface area contributed by atoms with Crippen LogP contribution in [-0.2, 0) is 0 Å². The van der Waals surface area contributed by atoms with Gasteiger partial charge in [-0.3, -0.25) is 0 Å². The third-order valence-corrected chi connectivity index (χ3v) is 8.04. The van der Waals surface area contributed by atoms with Crippen LogP contribution in [0.2, 0.25) is 0 Å². The normalized spacial score (nSPS) is 27.4. The smallest absolute Gasteiger partial charge is 0.00926 e. The van der Waals surface area contributed by atoms with Gasteiger partial charge in [0.25, 0.3) is 0 Å². The quantitative estimate of drug-likeness (QED) is 0.302. The van der Waals surface area contributed by atoms with Crippen LogP contribution in [0.25, 0.3) is 21.5 Å². The lowest BCUT2D eigenvalue weighted by molar-refractivity contribution is 0.346. The van der Waals surface area contributed by atoms with Gasteiger partial charge in [-0.05, 0) is 93.2 Å². The third-order valence-electron chi connectivity index (χ3n) is 8.04. The average molecular weight is 361 g/mol. The van der Waals surface area contributed by atoms with Gasteiger partial charge in [0.2, 0.25) is 0 Å². The Bertz CT molecular complexity index is 1060. The molecule has 2 fully saturated rings. The van der Waals surface area contributed by atoms with Gasteiger partial charge in [0.1, 0.15) is 0 Å². The summed E-state index contributed by atoms with van der Waals surface area (Å²) in [6.07, 6.45) is 5.27. The van der Waals surface area contributed by atoms with E-state index in [4.69, 9.17) is 0 Å². The third kappa shape index (κ3) is 2.07. The summed E-state index contributed by atoms with van der Waals surface area (Å²) in [4.78, 5) is 0. The van der Waals surface area contributed by atoms with E-state index in [0.29, 0.717) is 23.7 Å². The topological polar surface area (TPSA) is 0 Å². The molecule has 0 heteroatoms. The Morgan fingerprint density at radius 3 is 0.893 bits per heavy atom. The van der Waals surface area contributed by atoms with Crippen molar-refractivity contribution in [3.05, 3.63) is 95.1 Å². The minimum atomic E-state index is 0.674. The lowest BCUT2D eigenvalue weighted by Gasteiger charge is -2.39. The summed E-state index contributed by atoms with van der Waals surface area (Å²) in [6, 6.07) is 28.9. The molecule has 4 aromatic rings. The predicted octanol–water partition coefficient (Wildman–Crippen LogP) is 7.63. The van der Waals surface area contributed by atoms with Crippen LogP contribution in [0.5, 0.6) is 0 Å². The molecule has 0 unspecified atom stereocenters. The van der Waals surface area contributed by atoms with Gasteiger partial charge in [0.15, 0.2) is 0 Å². The first kappa shape index (κ1) is 15.3. The van der Waals surface area contributed by atoms with Crippen molar-refractivity contribution in [2.75, 3.05) is 0 Å². The summed E-state index contributed by atoms with van der Waals surface area (Å²) in [7, 11) is 0. The standard InChI is InChI=1S/C28H24/c1-5-19-13-23-14-20(6-2-17(1)23)27-11-12-28(27)22-8-4-18-3-7-21(15-24(18)16-22)26-10-9-25(19)26/h1-8,13-16,25-28H,9-12H2/t25-,26+,27+,28-. The highest BCUT2D eigenvalue weighted by molar-refractivity contribution is 5.86. The highest BCUT2D eigenvalue weighted by Crippen LogP contribution is 2.52. The molecule has 6 bridgehead atoms. The van der Waals surface area contributed by atoms with E-state index in [9.17, 15) is 0 Å². The molecule has 0 nitrogen and oxygen atoms in total. The van der Waals surface area contributed by atoms with Crippen LogP contribution in [0.3, 0.4) is 0 Å². The second-order valence-corrected chi connectivity index (χ2v) is 9.31. The molecular weight excluding hydrogens is 336 g/mol. The van der Waals surface area contributed by atoms with Crippen molar-refractivity contribution in [3.63, 3.8) is 0 Å². The van der Waals surface area contributed by atoms with Gasteiger partial charge in [0, 0.05) is 0 Å². The zero-order chi connectivity index (χ0) is 18.2. The highest BCUT2D eigenvalue weighted by Gasteiger charge is 2.35. The monoisotopic (exact) mass is 360 g/mol. The van der Waals surface area contributed by atoms with E-state index in [0.717, 1.165) is 0 Å². The lowest BCUT2D eigenvalue weighted by atomic mass is 9.65. The van der Waals surface area contributed by atoms with Crippen LogP contribution < -0.4 is 0 Å². The molecule has 136 valence electrons. The summed E-state index contributed by atoms with van der Waals surface area (Å²) in [5.41, 5.74) is 6.16. The van der Waals surface area contributed by atoms with Gasteiger partial charge in [0.05, 0.1) is 0 Å². The molecule has 0 N–H and O–H groups in total. The average Bonchev–Trinajstić information content (AvgIpc) is 2.65. The summed E-state index contributed by atoms with van der Waals surface area (Å²) in [6.45, 7) is 0. The number of rotatable bonds is 0. The Labute approximate surface area is 166 Å². The lowest BCUT2D eigenvalue weighted by Crippen LogP contribution is -2.23. The molecule has 2 saturated carbocycles. The predicted molar refractivity (Wildman–Crippen MR) is 117 cm³/mol. The summed E-state index contributed by atoms with van der Waals surface area (Å²) in [5, 5.41) is 5.64. The summed E-state index contributed by atoms with van der Waals surface area (Å²) < 4.78 is 0. The van der Waals surface area contributed by atoms with E-state index in [-0.39, 0.29) is 0 Å². The summed E-state index contributed by atoms with van der Waals surface area (Å²) >= 11 is 0. The zero-order valence-electron chi connectivity index (χ0n) is 16.1. The molecule has 0 aromatic heterocycles. The van der Waals surface area contributed by atoms with Crippen molar-refractivity contribution >= 4 is 21.5 Å². The fraction of sp³-hybridized carbons (Fsp3) is 0.286. The first-order valence-corrected chi connectivity index (χ1v) is 10.9. The molecular formula is C28H24. The Kier molecular flexibility index (Phi) is 3.00. The van der Waals surface area contributed by atoms with Gasteiger partial charge in [-0.2, -0.15) is 0 Å². The highest BCUT2D eigenvalue weighted by atomic mass is 14.4. The Hall–Kier alpha value is -2.60. The van der Waals surface area contributed by atoms with Crippen LogP contribution in [-0.4, -0.2) is 0 Å². The number of hydrogen-bond acceptors (Lipinski definition) is 0. The molecule has 0 heterocycles. The van der Waals surface area contributed by atoms with Crippen LogP contribution in [0, 0.1) is 0 Å². The first-order chi connectivity index (χ1) is 13.8. The van der Waals surface area contributed by atoms with Crippen molar-refractivity contribution in [3.8, 4) is 0 Å². The van der Waals surface area contributed by atoms with E-state index in [1.165, 1.54) is 69.5 Å². The molecule has 0 spiro atoms. The number of fused-ring (bicyclic) bond motifs is 10. The van der Waals surface area contributed by atoms with Crippen LogP contribution in [0.4, 0.5) is 0 Å². The Morgan fingerprint density at radius 1 is 0.357 bits per heavy atom. The van der Waals surface area contributed by atoms with Gasteiger partial charge in [-0.25, -0.2) is 0 Å². The molecule has 4 aromatic carbocycles. The van der Waals surface area contributed by atoms with E-state index in [2.05, 4.69) is 72.8 Å². The van der Waals surface area contributed by atoms with E-state index < -0.39 is 0 Å². The summed E-state index contributed by atoms with van der Waals surface area (Å²) in [5.74, 6) is 2.70. The number of benzene rings is 4. The van der Waals surface area contributed by atoms with Crippen LogP contribution in [0.1, 0.15) is 71.6 Å². The molecule has 4 atom stereocenters. The van der Waals surface area contributed by atoms with Crippen molar-refractivity contribution < 1.29 is 0 Å². The first-order valence-electron chi connectivity index (χ1n) is 10.9. The van der Waals surface area contributed by atoms with Gasteiger partial charge < -0.3 is 0 Å². The molecule has 28 heavy (non-hydrogen) atoms. The maximum Gasteiger partial charge on any atom is -0.00926 e. The van der Waals surface area contributed by atoms with Gasteiger partial charge >= 0.3 is 0 Å². The fourth-order valence-corrected chi connectivity index (χ4v) is 6.09. The maximum absolute atomic E-state index is 2.49. The number of hydrogen-bond donors (Lipinski definition) is 0. The van der Waals surface area contributed by atoms with Crippen molar-refractivity contribution in [2.24, 2.45) is 0 Å². The Balaban J connectivity index is 1.50. The Morgan fingerprint density at radius 2 is 0.643 bits per heavy atom. The molecule has 3 aliphatic rings. The van der Waals surface area contributed by atoms with E-state index in [1.807, 2.05) is 0 Å². The molecule has 0 aliphatic heterocycles. The second-order valence-electron chi connectivity index (χ2n) is 9.31. The van der Waals surface area contributed by atoms with Crippen LogP contribution >= 0.6 is 0 Å². The van der Waals surface area contributed by atoms with Crippen molar-refractivity contribution in [1.29, 1.82) is 0 Å². The van der Waals surface area contributed by atoms with Crippen LogP contribution in [0.15, 0.2) is 72.8 Å². The minimum Gasteiger partial charge on any atom is -0.0581 e. The fourth-order valence-electron chi connectivity index (χ4n) is 6.09. The maximum atomic E-state index is 2.49. The largest absolute Gasteiger partial charge is 0.0581 e. The zero-order valence-corrected chi connectivity index (χ0v) is 16.1. The molecule has 3 aliphatic carbocycles. The second kappa shape index (κ2) is 5.47. The molecule has 0 amide bonds. The molecule has 0 radical (unpaired) electrons. The van der Waals surface area contributed by atoms with Gasteiger partial charge in [-0.1, -0.05) is 72.8 Å². The van der Waals surface area contributed by atoms with E-state index >= 15 is 0 Å². The van der Waals surface area contributed by atoms with Gasteiger partial charge in [-0.15, -0.1) is 0 Å².